The van der Waals surface area contributed by atoms with Gasteiger partial charge in [-0.3, -0.25) is 4.98 Å². The molecule has 2 aromatic heterocycles. The van der Waals surface area contributed by atoms with Gasteiger partial charge in [-0.05, 0) is 44.2 Å². The molecule has 0 aliphatic rings. The van der Waals surface area contributed by atoms with Gasteiger partial charge in [0, 0.05) is 28.6 Å². The van der Waals surface area contributed by atoms with Crippen molar-refractivity contribution in [3.63, 3.8) is 0 Å². The number of hydrogen-bond acceptors (Lipinski definition) is 5. The van der Waals surface area contributed by atoms with Crippen LogP contribution in [0.1, 0.15) is 16.8 Å². The minimum atomic E-state index is -4.50. The normalized spacial score (nSPS) is 11.4. The lowest BCUT2D eigenvalue weighted by Crippen LogP contribution is -2.06. The van der Waals surface area contributed by atoms with Gasteiger partial charge in [-0.1, -0.05) is 6.07 Å². The highest BCUT2D eigenvalue weighted by Gasteiger charge is 2.31. The second-order valence-corrected chi connectivity index (χ2v) is 5.76. The number of nitrogens with zero attached hydrogens (tertiary/aromatic N) is 3. The van der Waals surface area contributed by atoms with E-state index in [9.17, 15) is 13.2 Å². The predicted molar refractivity (Wildman–Crippen MR) is 90.7 cm³/mol. The molecule has 0 fully saturated rings. The van der Waals surface area contributed by atoms with E-state index in [0.29, 0.717) is 16.7 Å². The largest absolute Gasteiger partial charge is 0.437 e. The van der Waals surface area contributed by atoms with E-state index in [1.165, 1.54) is 12.1 Å². The highest BCUT2D eigenvalue weighted by Crippen LogP contribution is 2.39. The summed E-state index contributed by atoms with van der Waals surface area (Å²) in [4.78, 5) is 4.18. The fourth-order valence-electron chi connectivity index (χ4n) is 2.35. The first-order valence-corrected chi connectivity index (χ1v) is 7.66. The topological polar surface area (TPSA) is 73.9 Å². The maximum atomic E-state index is 13.1. The minimum absolute atomic E-state index is 0.00708. The molecule has 0 unspecified atom stereocenters. The molecule has 2 N–H and O–H groups in total. The first kappa shape index (κ1) is 17.7. The Kier molecular flexibility index (Phi) is 4.50. The highest BCUT2D eigenvalue weighted by molar-refractivity contribution is 5.71. The molecule has 3 aromatic rings. The molecule has 5 nitrogen and oxygen atoms in total. The Hall–Kier alpha value is -3.16. The van der Waals surface area contributed by atoms with Crippen LogP contribution in [0.2, 0.25) is 0 Å². The number of ether oxygens (including phenoxy) is 1. The van der Waals surface area contributed by atoms with Gasteiger partial charge in [0.25, 0.3) is 0 Å². The molecule has 0 saturated heterocycles. The first-order valence-electron chi connectivity index (χ1n) is 7.66. The Morgan fingerprint density at radius 3 is 2.38 bits per heavy atom. The minimum Gasteiger partial charge on any atom is -0.437 e. The van der Waals surface area contributed by atoms with Crippen LogP contribution < -0.4 is 10.5 Å². The molecule has 0 amide bonds. The molecule has 26 heavy (non-hydrogen) atoms. The van der Waals surface area contributed by atoms with Gasteiger partial charge in [0.1, 0.15) is 11.6 Å². The molecule has 3 rings (SSSR count). The van der Waals surface area contributed by atoms with Gasteiger partial charge in [0.05, 0.1) is 5.56 Å². The summed E-state index contributed by atoms with van der Waals surface area (Å²) in [6.07, 6.45) is -2.92. The fourth-order valence-corrected chi connectivity index (χ4v) is 2.35. The van der Waals surface area contributed by atoms with Crippen molar-refractivity contribution >= 4 is 5.82 Å². The van der Waals surface area contributed by atoms with Gasteiger partial charge in [0.2, 0.25) is 5.88 Å². The number of halogens is 3. The lowest BCUT2D eigenvalue weighted by atomic mass is 10.0. The number of anilines is 1. The standard InChI is InChI=1S/C18H15F3N4O/c1-10-7-16(22)24-25-17(10)26-15-8-13(18(19,20)21)5-6-14(15)12-4-3-11(2)23-9-12/h3-9H,1-2H3,(H2,22,24). The maximum absolute atomic E-state index is 13.1. The van der Waals surface area contributed by atoms with Crippen molar-refractivity contribution < 1.29 is 17.9 Å². The third-order valence-corrected chi connectivity index (χ3v) is 3.70. The maximum Gasteiger partial charge on any atom is 0.416 e. The Labute approximate surface area is 147 Å². The van der Waals surface area contributed by atoms with Crippen LogP contribution in [0.3, 0.4) is 0 Å². The fraction of sp³-hybridized carbons (Fsp3) is 0.167. The van der Waals surface area contributed by atoms with Crippen LogP contribution in [-0.4, -0.2) is 15.2 Å². The summed E-state index contributed by atoms with van der Waals surface area (Å²) in [6.45, 7) is 3.50. The zero-order valence-electron chi connectivity index (χ0n) is 14.0. The molecular weight excluding hydrogens is 345 g/mol. The molecule has 0 saturated carbocycles. The van der Waals surface area contributed by atoms with Crippen molar-refractivity contribution in [3.05, 3.63) is 59.4 Å². The summed E-state index contributed by atoms with van der Waals surface area (Å²) in [6, 6.07) is 8.36. The second kappa shape index (κ2) is 6.62. The van der Waals surface area contributed by atoms with E-state index in [2.05, 4.69) is 15.2 Å². The van der Waals surface area contributed by atoms with Gasteiger partial charge < -0.3 is 10.5 Å². The molecule has 1 aromatic carbocycles. The second-order valence-electron chi connectivity index (χ2n) is 5.76. The molecule has 0 aliphatic carbocycles. The zero-order valence-corrected chi connectivity index (χ0v) is 14.0. The zero-order chi connectivity index (χ0) is 18.9. The average molecular weight is 360 g/mol. The van der Waals surface area contributed by atoms with Gasteiger partial charge in [-0.2, -0.15) is 13.2 Å². The van der Waals surface area contributed by atoms with Crippen molar-refractivity contribution in [3.8, 4) is 22.8 Å². The number of pyridine rings is 1. The number of hydrogen-bond donors (Lipinski definition) is 1. The summed E-state index contributed by atoms with van der Waals surface area (Å²) in [7, 11) is 0. The summed E-state index contributed by atoms with van der Waals surface area (Å²) < 4.78 is 45.0. The van der Waals surface area contributed by atoms with Crippen molar-refractivity contribution in [2.24, 2.45) is 0 Å². The van der Waals surface area contributed by atoms with E-state index in [-0.39, 0.29) is 17.4 Å². The lowest BCUT2D eigenvalue weighted by molar-refractivity contribution is -0.137. The number of nitrogen functional groups attached to an aromatic ring is 1. The van der Waals surface area contributed by atoms with Crippen LogP contribution in [0.5, 0.6) is 11.6 Å². The Bertz CT molecular complexity index is 940. The Morgan fingerprint density at radius 1 is 1.00 bits per heavy atom. The molecule has 0 aliphatic heterocycles. The molecular formula is C18H15F3N4O. The van der Waals surface area contributed by atoms with Crippen molar-refractivity contribution in [2.45, 2.75) is 20.0 Å². The van der Waals surface area contributed by atoms with E-state index in [1.807, 2.05) is 6.92 Å². The van der Waals surface area contributed by atoms with Crippen LogP contribution in [0, 0.1) is 13.8 Å². The predicted octanol–water partition coefficient (Wildman–Crippen LogP) is 4.55. The lowest BCUT2D eigenvalue weighted by Gasteiger charge is -2.15. The van der Waals surface area contributed by atoms with E-state index in [0.717, 1.165) is 17.8 Å². The van der Waals surface area contributed by atoms with Crippen LogP contribution in [0.25, 0.3) is 11.1 Å². The summed E-state index contributed by atoms with van der Waals surface area (Å²) in [5.74, 6) is 0.286. The average Bonchev–Trinajstić information content (AvgIpc) is 2.57. The van der Waals surface area contributed by atoms with Gasteiger partial charge in [0.15, 0.2) is 0 Å². The van der Waals surface area contributed by atoms with Gasteiger partial charge in [-0.15, -0.1) is 10.2 Å². The third-order valence-electron chi connectivity index (χ3n) is 3.70. The monoisotopic (exact) mass is 360 g/mol. The molecule has 8 heteroatoms. The number of rotatable bonds is 3. The number of alkyl halides is 3. The summed E-state index contributed by atoms with van der Waals surface area (Å²) >= 11 is 0. The number of nitrogens with two attached hydrogens (primary N) is 1. The van der Waals surface area contributed by atoms with Crippen molar-refractivity contribution in [1.82, 2.24) is 15.2 Å². The van der Waals surface area contributed by atoms with Crippen LogP contribution >= 0.6 is 0 Å². The Morgan fingerprint density at radius 2 is 1.77 bits per heavy atom. The van der Waals surface area contributed by atoms with Gasteiger partial charge >= 0.3 is 6.18 Å². The number of aromatic nitrogens is 3. The highest BCUT2D eigenvalue weighted by atomic mass is 19.4. The number of aryl methyl sites for hydroxylation is 2. The molecule has 0 atom stereocenters. The summed E-state index contributed by atoms with van der Waals surface area (Å²) in [5, 5.41) is 7.51. The van der Waals surface area contributed by atoms with E-state index < -0.39 is 11.7 Å². The van der Waals surface area contributed by atoms with E-state index >= 15 is 0 Å². The SMILES string of the molecule is Cc1ccc(-c2ccc(C(F)(F)F)cc2Oc2nnc(N)cc2C)cn1. The third kappa shape index (κ3) is 3.74. The molecule has 0 spiro atoms. The smallest absolute Gasteiger partial charge is 0.416 e. The molecule has 0 radical (unpaired) electrons. The van der Waals surface area contributed by atoms with Crippen LogP contribution in [0.15, 0.2) is 42.6 Å². The first-order chi connectivity index (χ1) is 12.2. The van der Waals surface area contributed by atoms with Crippen LogP contribution in [-0.2, 0) is 6.18 Å². The van der Waals surface area contributed by atoms with Crippen molar-refractivity contribution in [2.75, 3.05) is 5.73 Å². The molecule has 0 bridgehead atoms. The molecule has 2 heterocycles. The van der Waals surface area contributed by atoms with E-state index in [4.69, 9.17) is 10.5 Å². The van der Waals surface area contributed by atoms with Crippen molar-refractivity contribution in [1.29, 1.82) is 0 Å². The van der Waals surface area contributed by atoms with Gasteiger partial charge in [-0.25, -0.2) is 0 Å². The quantitative estimate of drug-likeness (QED) is 0.742. The summed E-state index contributed by atoms with van der Waals surface area (Å²) in [5.41, 5.74) is 7.17. The number of benzene rings is 1. The van der Waals surface area contributed by atoms with Crippen LogP contribution in [0.4, 0.5) is 19.0 Å². The molecule has 134 valence electrons. The Balaban J connectivity index is 2.11. The van der Waals surface area contributed by atoms with E-state index in [1.54, 1.807) is 25.3 Å².